The largest absolute Gasteiger partial charge is 0.384 e. The first-order chi connectivity index (χ1) is 11.1. The van der Waals surface area contributed by atoms with Crippen LogP contribution in [0, 0.1) is 5.82 Å². The molecule has 4 N–H and O–H groups in total. The minimum absolute atomic E-state index is 0.259. The Balaban J connectivity index is 2.37. The molecular weight excluding hydrogens is 345 g/mol. The van der Waals surface area contributed by atoms with Crippen molar-refractivity contribution in [1.82, 2.24) is 9.88 Å². The van der Waals surface area contributed by atoms with Crippen molar-refractivity contribution in [3.05, 3.63) is 51.6 Å². The van der Waals surface area contributed by atoms with Gasteiger partial charge in [-0.15, -0.1) is 0 Å². The molecule has 1 aromatic heterocycles. The number of imide groups is 1. The van der Waals surface area contributed by atoms with Crippen LogP contribution < -0.4 is 16.6 Å². The number of aromatic nitrogens is 1. The van der Waals surface area contributed by atoms with Crippen LogP contribution in [-0.4, -0.2) is 29.4 Å². The smallest absolute Gasteiger partial charge is 0.294 e. The van der Waals surface area contributed by atoms with Gasteiger partial charge < -0.3 is 5.73 Å². The van der Waals surface area contributed by atoms with Gasteiger partial charge in [-0.3, -0.25) is 28.8 Å². The van der Waals surface area contributed by atoms with Crippen molar-refractivity contribution in [3.8, 4) is 5.69 Å². The predicted molar refractivity (Wildman–Crippen MR) is 78.0 cm³/mol. The van der Waals surface area contributed by atoms with E-state index in [9.17, 15) is 27.2 Å². The molecule has 3 rings (SSSR count). The number of amides is 2. The van der Waals surface area contributed by atoms with Crippen LogP contribution in [0.3, 0.4) is 0 Å². The summed E-state index contributed by atoms with van der Waals surface area (Å²) in [7, 11) is -4.66. The molecule has 0 saturated heterocycles. The fourth-order valence-electron chi connectivity index (χ4n) is 2.35. The van der Waals surface area contributed by atoms with Gasteiger partial charge in [0.05, 0.1) is 21.7 Å². The Labute approximate surface area is 133 Å². The highest BCUT2D eigenvalue weighted by Crippen LogP contribution is 2.25. The summed E-state index contributed by atoms with van der Waals surface area (Å²) in [5.74, 6) is -3.25. The van der Waals surface area contributed by atoms with Crippen molar-refractivity contribution in [3.63, 3.8) is 0 Å². The molecule has 0 aliphatic carbocycles. The summed E-state index contributed by atoms with van der Waals surface area (Å²) in [5.41, 5.74) is 3.59. The van der Waals surface area contributed by atoms with Crippen LogP contribution in [0.5, 0.6) is 0 Å². The molecule has 1 aliphatic heterocycles. The number of carbonyl (C=O) groups excluding carboxylic acids is 2. The van der Waals surface area contributed by atoms with Gasteiger partial charge in [-0.1, -0.05) is 0 Å². The number of nitrogens with zero attached hydrogens (tertiary/aromatic N) is 1. The molecule has 9 nitrogen and oxygen atoms in total. The monoisotopic (exact) mass is 353 g/mol. The van der Waals surface area contributed by atoms with Gasteiger partial charge in [0.25, 0.3) is 27.5 Å². The Kier molecular flexibility index (Phi) is 3.28. The fourth-order valence-corrected chi connectivity index (χ4v) is 2.85. The highest BCUT2D eigenvalue weighted by Gasteiger charge is 2.32. The van der Waals surface area contributed by atoms with Gasteiger partial charge in [-0.2, -0.15) is 8.42 Å². The number of nitrogens with one attached hydrogen (secondary N) is 1. The molecule has 24 heavy (non-hydrogen) atoms. The topological polar surface area (TPSA) is 149 Å². The fraction of sp³-hybridized carbons (Fsp3) is 0. The van der Waals surface area contributed by atoms with E-state index >= 15 is 0 Å². The molecule has 11 heteroatoms. The zero-order valence-corrected chi connectivity index (χ0v) is 12.4. The van der Waals surface area contributed by atoms with E-state index in [0.29, 0.717) is 16.7 Å². The first-order valence-corrected chi connectivity index (χ1v) is 7.74. The number of benzene rings is 1. The third-order valence-corrected chi connectivity index (χ3v) is 4.26. The lowest BCUT2D eigenvalue weighted by Gasteiger charge is -2.13. The maximum Gasteiger partial charge on any atom is 0.294 e. The molecule has 124 valence electrons. The standard InChI is InChI=1S/C13H8FN3O6S/c14-7-2-1-5(24(21,22)23)3-8(7)17-9(18)4-6-10(11(17)15)13(20)16-12(6)19/h1-4H,15H2,(H,16,19,20)(H,21,22,23). The number of hydrogen-bond donors (Lipinski definition) is 3. The van der Waals surface area contributed by atoms with Gasteiger partial charge in [0, 0.05) is 6.07 Å². The predicted octanol–water partition coefficient (Wildman–Crippen LogP) is -0.311. The third-order valence-electron chi connectivity index (χ3n) is 3.41. The molecule has 0 radical (unpaired) electrons. The molecule has 0 spiro atoms. The van der Waals surface area contributed by atoms with E-state index in [4.69, 9.17) is 10.3 Å². The third kappa shape index (κ3) is 2.26. The van der Waals surface area contributed by atoms with Gasteiger partial charge in [-0.25, -0.2) is 4.39 Å². The maximum absolute atomic E-state index is 14.1. The maximum atomic E-state index is 14.1. The summed E-state index contributed by atoms with van der Waals surface area (Å²) in [6, 6.07) is 2.97. The SMILES string of the molecule is Nc1c2c(cc(=O)n1-c1cc(S(=O)(=O)O)ccc1F)C(=O)NC2=O. The summed E-state index contributed by atoms with van der Waals surface area (Å²) in [4.78, 5) is 34.8. The summed E-state index contributed by atoms with van der Waals surface area (Å²) >= 11 is 0. The normalized spacial score (nSPS) is 13.8. The second-order valence-electron chi connectivity index (χ2n) is 4.86. The Morgan fingerprint density at radius 2 is 1.79 bits per heavy atom. The minimum atomic E-state index is -4.66. The summed E-state index contributed by atoms with van der Waals surface area (Å²) < 4.78 is 46.0. The van der Waals surface area contributed by atoms with Crippen LogP contribution in [-0.2, 0) is 10.1 Å². The van der Waals surface area contributed by atoms with Crippen LogP contribution in [0.4, 0.5) is 10.2 Å². The van der Waals surface area contributed by atoms with Crippen molar-refractivity contribution in [2.45, 2.75) is 4.90 Å². The van der Waals surface area contributed by atoms with Gasteiger partial charge in [-0.05, 0) is 18.2 Å². The van der Waals surface area contributed by atoms with Crippen LogP contribution in [0.2, 0.25) is 0 Å². The van der Waals surface area contributed by atoms with E-state index in [2.05, 4.69) is 0 Å². The van der Waals surface area contributed by atoms with Crippen molar-refractivity contribution < 1.29 is 27.0 Å². The van der Waals surface area contributed by atoms with E-state index in [1.807, 2.05) is 5.32 Å². The first kappa shape index (κ1) is 15.8. The Morgan fingerprint density at radius 1 is 1.12 bits per heavy atom. The van der Waals surface area contributed by atoms with Gasteiger partial charge >= 0.3 is 0 Å². The molecule has 0 bridgehead atoms. The average molecular weight is 353 g/mol. The number of nitrogen functional groups attached to an aromatic ring is 1. The van der Waals surface area contributed by atoms with E-state index < -0.39 is 49.7 Å². The van der Waals surface area contributed by atoms with Gasteiger partial charge in [0.15, 0.2) is 0 Å². The molecule has 2 amide bonds. The lowest BCUT2D eigenvalue weighted by atomic mass is 10.1. The lowest BCUT2D eigenvalue weighted by Crippen LogP contribution is -2.25. The second kappa shape index (κ2) is 4.97. The van der Waals surface area contributed by atoms with Gasteiger partial charge in [0.1, 0.15) is 11.6 Å². The highest BCUT2D eigenvalue weighted by atomic mass is 32.2. The second-order valence-corrected chi connectivity index (χ2v) is 6.28. The zero-order valence-electron chi connectivity index (χ0n) is 11.6. The molecule has 2 heterocycles. The number of hydrogen-bond acceptors (Lipinski definition) is 6. The lowest BCUT2D eigenvalue weighted by molar-refractivity contribution is 0.0880. The minimum Gasteiger partial charge on any atom is -0.384 e. The van der Waals surface area contributed by atoms with Crippen LogP contribution >= 0.6 is 0 Å². The summed E-state index contributed by atoms with van der Waals surface area (Å²) in [6.45, 7) is 0. The molecule has 1 aromatic carbocycles. The van der Waals surface area contributed by atoms with Gasteiger partial charge in [0.2, 0.25) is 0 Å². The highest BCUT2D eigenvalue weighted by molar-refractivity contribution is 7.85. The Hall–Kier alpha value is -3.05. The Bertz CT molecular complexity index is 1090. The number of anilines is 1. The number of halogens is 1. The van der Waals surface area contributed by atoms with E-state index in [1.165, 1.54) is 0 Å². The van der Waals surface area contributed by atoms with E-state index in [1.54, 1.807) is 0 Å². The Morgan fingerprint density at radius 3 is 2.42 bits per heavy atom. The van der Waals surface area contributed by atoms with Crippen LogP contribution in [0.15, 0.2) is 34.0 Å². The van der Waals surface area contributed by atoms with Crippen molar-refractivity contribution in [2.75, 3.05) is 5.73 Å². The molecule has 0 saturated carbocycles. The average Bonchev–Trinajstić information content (AvgIpc) is 2.74. The number of pyridine rings is 1. The van der Waals surface area contributed by atoms with Crippen molar-refractivity contribution >= 4 is 27.8 Å². The molecule has 0 unspecified atom stereocenters. The molecule has 2 aromatic rings. The van der Waals surface area contributed by atoms with Crippen molar-refractivity contribution in [2.24, 2.45) is 0 Å². The first-order valence-electron chi connectivity index (χ1n) is 6.30. The zero-order chi connectivity index (χ0) is 17.8. The molecule has 0 atom stereocenters. The molecule has 0 fully saturated rings. The summed E-state index contributed by atoms with van der Waals surface area (Å²) in [6.07, 6.45) is 0. The van der Waals surface area contributed by atoms with E-state index in [0.717, 1.165) is 12.1 Å². The molecule has 1 aliphatic rings. The summed E-state index contributed by atoms with van der Waals surface area (Å²) in [5, 5.41) is 1.94. The number of carbonyl (C=O) groups is 2. The van der Waals surface area contributed by atoms with Crippen LogP contribution in [0.1, 0.15) is 20.7 Å². The quantitative estimate of drug-likeness (QED) is 0.495. The number of rotatable bonds is 2. The number of nitrogens with two attached hydrogens (primary N) is 1. The number of fused-ring (bicyclic) bond motifs is 1. The van der Waals surface area contributed by atoms with Crippen LogP contribution in [0.25, 0.3) is 5.69 Å². The molecular formula is C13H8FN3O6S. The van der Waals surface area contributed by atoms with E-state index in [-0.39, 0.29) is 11.1 Å². The van der Waals surface area contributed by atoms with Crippen molar-refractivity contribution in [1.29, 1.82) is 0 Å².